The average molecular weight is 433 g/mol. The average Bonchev–Trinajstić information content (AvgIpc) is 3.50. The van der Waals surface area contributed by atoms with Crippen molar-refractivity contribution in [2.45, 2.75) is 20.3 Å². The highest BCUT2D eigenvalue weighted by molar-refractivity contribution is 6.06. The number of carbonyl (C=O) groups is 3. The van der Waals surface area contributed by atoms with Crippen molar-refractivity contribution in [2.75, 3.05) is 6.61 Å². The third-order valence-electron chi connectivity index (χ3n) is 6.69. The molecule has 1 saturated heterocycles. The standard InChI is InChI=1S/C24H23N3O5/c1-13-9-17(14(2)26(13)18-5-7-19(8-6-18)32-12-20(28)29)11-25-27-23(30)21-15-3-4-16(10-15)22(21)24(27)31/h3-9,11,15-16,21-22H,10,12H2,1-2H3,(H,28,29)/t15-,16-,21-,22+/m0/s1. The van der Waals surface area contributed by atoms with E-state index in [0.717, 1.165) is 34.1 Å². The number of hydrogen-bond donors (Lipinski definition) is 1. The van der Waals surface area contributed by atoms with Gasteiger partial charge in [0, 0.05) is 22.6 Å². The van der Waals surface area contributed by atoms with Crippen molar-refractivity contribution in [3.05, 3.63) is 59.4 Å². The molecule has 1 N–H and O–H groups in total. The maximum atomic E-state index is 12.8. The Kier molecular flexibility index (Phi) is 4.73. The SMILES string of the molecule is Cc1cc(C=NN2C(=O)[C@@H]3[C@H](C2=O)[C@H]2C=C[C@H]3C2)c(C)n1-c1ccc(OCC(=O)O)cc1. The lowest BCUT2D eigenvalue weighted by Gasteiger charge is -2.13. The van der Waals surface area contributed by atoms with Crippen molar-refractivity contribution in [1.82, 2.24) is 9.58 Å². The van der Waals surface area contributed by atoms with E-state index in [0.29, 0.717) is 5.75 Å². The molecule has 2 amide bonds. The zero-order valence-corrected chi connectivity index (χ0v) is 17.8. The van der Waals surface area contributed by atoms with Gasteiger partial charge in [-0.2, -0.15) is 10.1 Å². The first kappa shape index (κ1) is 20.2. The third-order valence-corrected chi connectivity index (χ3v) is 6.69. The number of hydrazone groups is 1. The van der Waals surface area contributed by atoms with Crippen LogP contribution in [0, 0.1) is 37.5 Å². The fourth-order valence-corrected chi connectivity index (χ4v) is 5.27. The Labute approximate surface area is 184 Å². The Balaban J connectivity index is 1.36. The molecular formula is C24H23N3O5. The number of rotatable bonds is 6. The molecule has 1 aliphatic heterocycles. The molecule has 5 rings (SSSR count). The largest absolute Gasteiger partial charge is 0.482 e. The van der Waals surface area contributed by atoms with Crippen LogP contribution in [0.1, 0.15) is 23.4 Å². The molecule has 0 radical (unpaired) electrons. The number of aliphatic carboxylic acids is 1. The van der Waals surface area contributed by atoms with Gasteiger partial charge in [-0.15, -0.1) is 0 Å². The van der Waals surface area contributed by atoms with E-state index in [-0.39, 0.29) is 35.5 Å². The predicted octanol–water partition coefficient (Wildman–Crippen LogP) is 2.70. The van der Waals surface area contributed by atoms with Gasteiger partial charge in [-0.05, 0) is 62.4 Å². The number of carbonyl (C=O) groups excluding carboxylic acids is 2. The number of carboxylic acids is 1. The number of carboxylic acid groups (broad SMARTS) is 1. The minimum absolute atomic E-state index is 0.161. The van der Waals surface area contributed by atoms with Gasteiger partial charge in [0.25, 0.3) is 11.8 Å². The monoisotopic (exact) mass is 433 g/mol. The molecule has 2 aromatic rings. The van der Waals surface area contributed by atoms with Gasteiger partial charge < -0.3 is 14.4 Å². The lowest BCUT2D eigenvalue weighted by atomic mass is 9.85. The molecule has 1 saturated carbocycles. The van der Waals surface area contributed by atoms with E-state index in [1.807, 2.05) is 36.6 Å². The van der Waals surface area contributed by atoms with Crippen LogP contribution in [0.4, 0.5) is 0 Å². The second-order valence-corrected chi connectivity index (χ2v) is 8.57. The van der Waals surface area contributed by atoms with Crippen LogP contribution in [0.15, 0.2) is 47.6 Å². The number of imide groups is 1. The summed E-state index contributed by atoms with van der Waals surface area (Å²) >= 11 is 0. The highest BCUT2D eigenvalue weighted by Crippen LogP contribution is 2.52. The number of amides is 2. The zero-order chi connectivity index (χ0) is 22.6. The van der Waals surface area contributed by atoms with Crippen molar-refractivity contribution in [1.29, 1.82) is 0 Å². The molecule has 0 unspecified atom stereocenters. The molecule has 1 aromatic carbocycles. The zero-order valence-electron chi connectivity index (χ0n) is 17.8. The van der Waals surface area contributed by atoms with E-state index in [1.165, 1.54) is 0 Å². The topological polar surface area (TPSA) is 101 Å². The van der Waals surface area contributed by atoms with Crippen LogP contribution in [0.2, 0.25) is 0 Å². The molecule has 4 atom stereocenters. The highest BCUT2D eigenvalue weighted by Gasteiger charge is 2.59. The first-order valence-corrected chi connectivity index (χ1v) is 10.6. The van der Waals surface area contributed by atoms with Gasteiger partial charge in [0.2, 0.25) is 0 Å². The summed E-state index contributed by atoms with van der Waals surface area (Å²) in [5.74, 6) is -1.15. The summed E-state index contributed by atoms with van der Waals surface area (Å²) in [6, 6.07) is 9.07. The number of aryl methyl sites for hydroxylation is 1. The van der Waals surface area contributed by atoms with Crippen LogP contribution in [0.5, 0.6) is 5.75 Å². The van der Waals surface area contributed by atoms with Crippen LogP contribution in [0.25, 0.3) is 5.69 Å². The van der Waals surface area contributed by atoms with Crippen molar-refractivity contribution in [3.8, 4) is 11.4 Å². The third kappa shape index (κ3) is 3.14. The van der Waals surface area contributed by atoms with E-state index in [9.17, 15) is 14.4 Å². The van der Waals surface area contributed by atoms with Gasteiger partial charge >= 0.3 is 5.97 Å². The quantitative estimate of drug-likeness (QED) is 0.429. The van der Waals surface area contributed by atoms with Crippen molar-refractivity contribution < 1.29 is 24.2 Å². The molecule has 2 bridgehead atoms. The summed E-state index contributed by atoms with van der Waals surface area (Å²) in [6.07, 6.45) is 6.60. The summed E-state index contributed by atoms with van der Waals surface area (Å²) in [7, 11) is 0. The van der Waals surface area contributed by atoms with Crippen LogP contribution >= 0.6 is 0 Å². The maximum absolute atomic E-state index is 12.8. The van der Waals surface area contributed by atoms with Crippen LogP contribution in [-0.4, -0.2) is 45.3 Å². The lowest BCUT2D eigenvalue weighted by molar-refractivity contribution is -0.141. The number of aromatic nitrogens is 1. The van der Waals surface area contributed by atoms with E-state index >= 15 is 0 Å². The van der Waals surface area contributed by atoms with Crippen molar-refractivity contribution in [3.63, 3.8) is 0 Å². The molecule has 8 heteroatoms. The van der Waals surface area contributed by atoms with Crippen molar-refractivity contribution >= 4 is 24.0 Å². The molecule has 3 aliphatic rings. The van der Waals surface area contributed by atoms with E-state index in [2.05, 4.69) is 17.3 Å². The maximum Gasteiger partial charge on any atom is 0.341 e. The van der Waals surface area contributed by atoms with Gasteiger partial charge in [0.1, 0.15) is 5.75 Å². The lowest BCUT2D eigenvalue weighted by Crippen LogP contribution is -2.28. The number of nitrogens with zero attached hydrogens (tertiary/aromatic N) is 3. The van der Waals surface area contributed by atoms with Crippen LogP contribution < -0.4 is 4.74 Å². The molecular weight excluding hydrogens is 410 g/mol. The van der Waals surface area contributed by atoms with Gasteiger partial charge in [0.05, 0.1) is 18.1 Å². The fourth-order valence-electron chi connectivity index (χ4n) is 5.27. The van der Waals surface area contributed by atoms with Gasteiger partial charge in [-0.1, -0.05) is 12.2 Å². The highest BCUT2D eigenvalue weighted by atomic mass is 16.5. The summed E-state index contributed by atoms with van der Waals surface area (Å²) in [4.78, 5) is 36.3. The number of hydrogen-bond acceptors (Lipinski definition) is 5. The summed E-state index contributed by atoms with van der Waals surface area (Å²) in [5.41, 5.74) is 3.56. The van der Waals surface area contributed by atoms with Crippen molar-refractivity contribution in [2.24, 2.45) is 28.8 Å². The molecule has 8 nitrogen and oxygen atoms in total. The Morgan fingerprint density at radius 2 is 1.75 bits per heavy atom. The first-order chi connectivity index (χ1) is 15.3. The fraction of sp³-hybridized carbons (Fsp3) is 0.333. The van der Waals surface area contributed by atoms with Gasteiger partial charge in [-0.25, -0.2) is 4.79 Å². The predicted molar refractivity (Wildman–Crippen MR) is 116 cm³/mol. The van der Waals surface area contributed by atoms with Gasteiger partial charge in [0.15, 0.2) is 6.61 Å². The Bertz CT molecular complexity index is 1150. The summed E-state index contributed by atoms with van der Waals surface area (Å²) < 4.78 is 7.21. The Hall–Kier alpha value is -3.68. The Morgan fingerprint density at radius 3 is 2.34 bits per heavy atom. The smallest absolute Gasteiger partial charge is 0.341 e. The summed E-state index contributed by atoms with van der Waals surface area (Å²) in [5, 5.41) is 14.1. The minimum Gasteiger partial charge on any atom is -0.482 e. The molecule has 164 valence electrons. The van der Waals surface area contributed by atoms with Crippen LogP contribution in [0.3, 0.4) is 0 Å². The number of benzene rings is 1. The minimum atomic E-state index is -1.03. The van der Waals surface area contributed by atoms with E-state index in [4.69, 9.17) is 9.84 Å². The number of fused-ring (bicyclic) bond motifs is 5. The van der Waals surface area contributed by atoms with Gasteiger partial charge in [-0.3, -0.25) is 9.59 Å². The normalized spacial score (nSPS) is 25.9. The second-order valence-electron chi connectivity index (χ2n) is 8.57. The molecule has 32 heavy (non-hydrogen) atoms. The molecule has 2 fully saturated rings. The van der Waals surface area contributed by atoms with E-state index in [1.54, 1.807) is 18.3 Å². The molecule has 2 heterocycles. The van der Waals surface area contributed by atoms with E-state index < -0.39 is 12.6 Å². The molecule has 1 aromatic heterocycles. The molecule has 2 aliphatic carbocycles. The number of allylic oxidation sites excluding steroid dienone is 2. The molecule has 0 spiro atoms. The number of ether oxygens (including phenoxy) is 1. The second kappa shape index (κ2) is 7.47. The Morgan fingerprint density at radius 1 is 1.12 bits per heavy atom. The van der Waals surface area contributed by atoms with Crippen LogP contribution in [-0.2, 0) is 14.4 Å². The first-order valence-electron chi connectivity index (χ1n) is 10.6. The summed E-state index contributed by atoms with van der Waals surface area (Å²) in [6.45, 7) is 3.50.